The molecule has 67 heavy (non-hydrogen) atoms. The number of nitrogens with zero attached hydrogens (tertiary/aromatic N) is 7. The molecule has 0 aliphatic rings. The number of nitriles is 2. The minimum atomic E-state index is -4.99. The van der Waals surface area contributed by atoms with E-state index in [-0.39, 0.29) is 76.7 Å². The van der Waals surface area contributed by atoms with Crippen LogP contribution in [0.3, 0.4) is 0 Å². The molecule has 0 unspecified atom stereocenters. The maximum atomic E-state index is 12.5. The number of hydrogen-bond donors (Lipinski definition) is 6. The molecule has 0 fully saturated rings. The van der Waals surface area contributed by atoms with E-state index in [1.807, 2.05) is 6.92 Å². The van der Waals surface area contributed by atoms with Gasteiger partial charge in [0.25, 0.3) is 30.4 Å². The van der Waals surface area contributed by atoms with E-state index >= 15 is 0 Å². The number of fused-ring (bicyclic) bond motifs is 1. The zero-order valence-electron chi connectivity index (χ0n) is 34.3. The van der Waals surface area contributed by atoms with Crippen LogP contribution in [0.4, 0.5) is 50.1 Å². The first-order valence-corrected chi connectivity index (χ1v) is 24.9. The number of pyridine rings is 1. The Hall–Kier alpha value is -6.90. The van der Waals surface area contributed by atoms with Crippen molar-refractivity contribution in [1.29, 1.82) is 10.5 Å². The van der Waals surface area contributed by atoms with Gasteiger partial charge in [-0.3, -0.25) is 13.7 Å². The lowest BCUT2D eigenvalue weighted by Gasteiger charge is -2.16. The van der Waals surface area contributed by atoms with E-state index in [1.54, 1.807) is 55.5 Å². The van der Waals surface area contributed by atoms with Gasteiger partial charge in [-0.1, -0.05) is 58.8 Å². The summed E-state index contributed by atoms with van der Waals surface area (Å²) in [6.45, 7) is 3.99. The van der Waals surface area contributed by atoms with Crippen LogP contribution in [0, 0.1) is 29.6 Å². The number of thiophene rings is 1. The Bertz CT molecular complexity index is 3650. The third kappa shape index (κ3) is 10.6. The van der Waals surface area contributed by atoms with Gasteiger partial charge in [0.15, 0.2) is 16.6 Å². The lowest BCUT2D eigenvalue weighted by atomic mass is 10.0. The Labute approximate surface area is 396 Å². The lowest BCUT2D eigenvalue weighted by Crippen LogP contribution is -2.05. The number of anilines is 5. The molecule has 5 aromatic carbocycles. The van der Waals surface area contributed by atoms with Gasteiger partial charge < -0.3 is 16.0 Å². The predicted molar refractivity (Wildman–Crippen MR) is 254 cm³/mol. The topological polar surface area (TPSA) is 309 Å². The molecule has 0 radical (unpaired) electrons. The largest absolute Gasteiger partial charge is 0.385 e. The summed E-state index contributed by atoms with van der Waals surface area (Å²) in [6.07, 6.45) is 0. The summed E-state index contributed by atoms with van der Waals surface area (Å²) >= 11 is 13.0. The van der Waals surface area contributed by atoms with Crippen LogP contribution >= 0.6 is 34.5 Å². The van der Waals surface area contributed by atoms with Gasteiger partial charge in [0.1, 0.15) is 43.1 Å². The highest BCUT2D eigenvalue weighted by atomic mass is 35.5. The molecule has 7 aromatic rings. The first-order valence-electron chi connectivity index (χ1n) is 19.0. The zero-order valence-corrected chi connectivity index (χ0v) is 39.0. The number of nitrogens with one attached hydrogen (secondary N) is 3. The number of hydrogen-bond acceptors (Lipinski definition) is 17. The van der Waals surface area contributed by atoms with E-state index in [1.165, 1.54) is 24.3 Å². The average Bonchev–Trinajstić information content (AvgIpc) is 3.63. The van der Waals surface area contributed by atoms with Crippen molar-refractivity contribution in [3.63, 3.8) is 0 Å². The molecule has 25 heteroatoms. The average molecular weight is 1020 g/mol. The van der Waals surface area contributed by atoms with Crippen molar-refractivity contribution in [1.82, 2.24) is 4.98 Å². The second-order valence-corrected chi connectivity index (χ2v) is 20.0. The second-order valence-electron chi connectivity index (χ2n) is 14.0. The molecule has 0 amide bonds. The summed E-state index contributed by atoms with van der Waals surface area (Å²) in [7, 11) is -14.6. The molecule has 0 aliphatic heterocycles. The van der Waals surface area contributed by atoms with Crippen molar-refractivity contribution < 1.29 is 38.9 Å². The number of benzene rings is 5. The maximum absolute atomic E-state index is 12.5. The summed E-state index contributed by atoms with van der Waals surface area (Å²) in [5.41, 5.74) is 1.81. The summed E-state index contributed by atoms with van der Waals surface area (Å²) in [5, 5.41) is 47.6. The second kappa shape index (κ2) is 19.1. The van der Waals surface area contributed by atoms with Crippen LogP contribution in [0.1, 0.15) is 23.6 Å². The monoisotopic (exact) mass is 1020 g/mol. The molecule has 0 aliphatic carbocycles. The first kappa shape index (κ1) is 48.0. The van der Waals surface area contributed by atoms with Crippen molar-refractivity contribution in [3.05, 3.63) is 124 Å². The molecule has 7 rings (SSSR count). The third-order valence-corrected chi connectivity index (χ3v) is 13.9. The van der Waals surface area contributed by atoms with E-state index in [4.69, 9.17) is 23.2 Å². The third-order valence-electron chi connectivity index (χ3n) is 9.58. The molecule has 0 saturated heterocycles. The Kier molecular flexibility index (Phi) is 13.7. The normalized spacial score (nSPS) is 12.1. The van der Waals surface area contributed by atoms with Gasteiger partial charge in [-0.2, -0.15) is 35.8 Å². The molecule has 19 nitrogen and oxygen atoms in total. The van der Waals surface area contributed by atoms with Gasteiger partial charge in [0, 0.05) is 50.5 Å². The van der Waals surface area contributed by atoms with Gasteiger partial charge in [0.05, 0.1) is 16.3 Å². The molecule has 2 heterocycles. The Balaban J connectivity index is 1.41. The highest BCUT2D eigenvalue weighted by Crippen LogP contribution is 2.49. The number of rotatable bonds is 14. The van der Waals surface area contributed by atoms with Crippen LogP contribution in [-0.2, 0) is 30.4 Å². The van der Waals surface area contributed by atoms with Crippen molar-refractivity contribution in [2.75, 3.05) is 22.5 Å². The Morgan fingerprint density at radius 2 is 1.30 bits per heavy atom. The summed E-state index contributed by atoms with van der Waals surface area (Å²) < 4.78 is 104. The first-order chi connectivity index (χ1) is 31.7. The fourth-order valence-corrected chi connectivity index (χ4v) is 10.1. The van der Waals surface area contributed by atoms with Crippen LogP contribution < -0.4 is 16.0 Å². The minimum Gasteiger partial charge on any atom is -0.385 e. The minimum absolute atomic E-state index is 0.0115. The SMILES string of the molecule is CCNc1cccc(-c2c(/N=N/c3cc(S(=O)(=O)O)c4cccc(S(=O)(=O)O)c4c3)sc(N=Nc3c(Nc4ccc(Cl)cc4)nc(Nc4ccc(Cl)c(S(=O)(=O)O)c4)c(C#N)c3C)c2C#N)c1. The summed E-state index contributed by atoms with van der Waals surface area (Å²) in [5.74, 6) is -0.0363. The predicted octanol–water partition coefficient (Wildman–Crippen LogP) is 11.8. The van der Waals surface area contributed by atoms with Gasteiger partial charge in [0.2, 0.25) is 0 Å². The molecule has 6 N–H and O–H groups in total. The van der Waals surface area contributed by atoms with Crippen LogP contribution in [0.2, 0.25) is 10.0 Å². The molecule has 0 spiro atoms. The Morgan fingerprint density at radius 3 is 1.96 bits per heavy atom. The Morgan fingerprint density at radius 1 is 0.657 bits per heavy atom. The van der Waals surface area contributed by atoms with Crippen LogP contribution in [0.15, 0.2) is 132 Å². The molecular weight excluding hydrogens is 988 g/mol. The van der Waals surface area contributed by atoms with Crippen LogP contribution in [-0.4, -0.2) is 50.4 Å². The van der Waals surface area contributed by atoms with Crippen molar-refractivity contribution >= 4 is 126 Å². The van der Waals surface area contributed by atoms with Crippen molar-refractivity contribution in [2.24, 2.45) is 20.5 Å². The van der Waals surface area contributed by atoms with E-state index in [2.05, 4.69) is 53.5 Å². The van der Waals surface area contributed by atoms with Crippen molar-refractivity contribution in [2.45, 2.75) is 28.5 Å². The smallest absolute Gasteiger partial charge is 0.296 e. The fourth-order valence-electron chi connectivity index (χ4n) is 6.63. The molecule has 0 bridgehead atoms. The van der Waals surface area contributed by atoms with E-state index in [9.17, 15) is 49.4 Å². The number of azo groups is 2. The number of aromatic nitrogens is 1. The standard InChI is InChI=1S/C42H30Cl2N10O9S4/c1-3-47-26-7-4-6-23(16-26)37-32(21-46)41(64-42(37)54-51-28-17-30-29(35(19-28)66(58,59)60)8-5-9-34(30)65(55,56)57)53-52-38-22(2)31(20-45)39(50-40(38)48-25-12-10-24(43)11-13-25)49-27-14-15-33(44)36(18-27)67(61,62)63/h4-19,47H,3H2,1-2H3,(H2,48,49,50)(H,55,56,57)(H,58,59,60)(H,61,62,63)/b53-52?,54-51+. The molecule has 0 atom stereocenters. The molecule has 2 aromatic heterocycles. The van der Waals surface area contributed by atoms with Gasteiger partial charge >= 0.3 is 0 Å². The number of halogens is 2. The van der Waals surface area contributed by atoms with E-state index in [0.29, 0.717) is 28.5 Å². The molecule has 0 saturated carbocycles. The molecule has 340 valence electrons. The summed E-state index contributed by atoms with van der Waals surface area (Å²) in [4.78, 5) is 2.65. The van der Waals surface area contributed by atoms with Crippen LogP contribution in [0.5, 0.6) is 0 Å². The maximum Gasteiger partial charge on any atom is 0.296 e. The van der Waals surface area contributed by atoms with Crippen molar-refractivity contribution in [3.8, 4) is 23.3 Å². The van der Waals surface area contributed by atoms with Gasteiger partial charge in [-0.05, 0) is 92.2 Å². The van der Waals surface area contributed by atoms with E-state index < -0.39 is 45.0 Å². The highest BCUT2D eigenvalue weighted by Gasteiger charge is 2.25. The summed E-state index contributed by atoms with van der Waals surface area (Å²) in [6, 6.07) is 26.9. The van der Waals surface area contributed by atoms with Gasteiger partial charge in [-0.15, -0.1) is 20.5 Å². The van der Waals surface area contributed by atoms with Gasteiger partial charge in [-0.25, -0.2) is 4.98 Å². The quantitative estimate of drug-likeness (QED) is 0.0436. The van der Waals surface area contributed by atoms with Crippen LogP contribution in [0.25, 0.3) is 21.9 Å². The zero-order chi connectivity index (χ0) is 48.4. The lowest BCUT2D eigenvalue weighted by molar-refractivity contribution is 0.481. The fraction of sp³-hybridized carbons (Fsp3) is 0.0714. The molecular formula is C42H30Cl2N10O9S4. The highest BCUT2D eigenvalue weighted by molar-refractivity contribution is 7.86. The van der Waals surface area contributed by atoms with E-state index in [0.717, 1.165) is 35.6 Å².